The van der Waals surface area contributed by atoms with Gasteiger partial charge in [-0.25, -0.2) is 17.9 Å². The molecule has 6 heteroatoms. The van der Waals surface area contributed by atoms with E-state index in [0.717, 1.165) is 11.1 Å². The fourth-order valence-corrected chi connectivity index (χ4v) is 2.71. The molecule has 0 aliphatic heterocycles. The first kappa shape index (κ1) is 16.0. The van der Waals surface area contributed by atoms with Crippen LogP contribution in [0.25, 0.3) is 0 Å². The number of rotatable bonds is 5. The van der Waals surface area contributed by atoms with Gasteiger partial charge in [-0.15, -0.1) is 0 Å². The summed E-state index contributed by atoms with van der Waals surface area (Å²) in [6, 6.07) is 15.7. The summed E-state index contributed by atoms with van der Waals surface area (Å²) >= 11 is 0. The number of ether oxygens (including phenoxy) is 1. The maximum Gasteiger partial charge on any atom is 0.421 e. The van der Waals surface area contributed by atoms with Gasteiger partial charge in [-0.05, 0) is 24.6 Å². The topological polar surface area (TPSA) is 72.5 Å². The molecule has 0 aliphatic rings. The smallest absolute Gasteiger partial charge is 0.421 e. The minimum atomic E-state index is -3.90. The van der Waals surface area contributed by atoms with E-state index in [1.54, 1.807) is 12.1 Å². The Balaban J connectivity index is 1.87. The van der Waals surface area contributed by atoms with Gasteiger partial charge in [0.2, 0.25) is 0 Å². The van der Waals surface area contributed by atoms with Crippen LogP contribution in [0.5, 0.6) is 0 Å². The number of sulfonamides is 1. The fraction of sp³-hybridized carbons (Fsp3) is 0.188. The summed E-state index contributed by atoms with van der Waals surface area (Å²) in [5.74, 6) is 0. The van der Waals surface area contributed by atoms with Crippen molar-refractivity contribution in [1.82, 2.24) is 4.72 Å². The average Bonchev–Trinajstić information content (AvgIpc) is 2.48. The van der Waals surface area contributed by atoms with E-state index < -0.39 is 16.1 Å². The molecule has 0 atom stereocenters. The van der Waals surface area contributed by atoms with Crippen LogP contribution in [0.4, 0.5) is 4.79 Å². The Hall–Kier alpha value is -2.34. The van der Waals surface area contributed by atoms with E-state index in [4.69, 9.17) is 4.74 Å². The van der Waals surface area contributed by atoms with Gasteiger partial charge in [0.1, 0.15) is 0 Å². The van der Waals surface area contributed by atoms with Gasteiger partial charge >= 0.3 is 6.09 Å². The molecule has 116 valence electrons. The summed E-state index contributed by atoms with van der Waals surface area (Å²) < 4.78 is 30.7. The molecule has 0 unspecified atom stereocenters. The molecule has 0 spiro atoms. The summed E-state index contributed by atoms with van der Waals surface area (Å²) in [7, 11) is -3.90. The molecule has 0 saturated carbocycles. The van der Waals surface area contributed by atoms with Crippen molar-refractivity contribution in [3.8, 4) is 0 Å². The third-order valence-corrected chi connectivity index (χ3v) is 4.34. The van der Waals surface area contributed by atoms with E-state index in [9.17, 15) is 13.2 Å². The molecule has 1 amide bonds. The van der Waals surface area contributed by atoms with Crippen molar-refractivity contribution in [2.75, 3.05) is 6.61 Å². The molecule has 0 heterocycles. The molecule has 0 bridgehead atoms. The van der Waals surface area contributed by atoms with Crippen LogP contribution in [0.15, 0.2) is 59.5 Å². The zero-order valence-electron chi connectivity index (χ0n) is 12.2. The minimum Gasteiger partial charge on any atom is -0.448 e. The van der Waals surface area contributed by atoms with Crippen molar-refractivity contribution < 1.29 is 17.9 Å². The number of carbonyl (C=O) groups is 1. The first-order valence-corrected chi connectivity index (χ1v) is 8.26. The van der Waals surface area contributed by atoms with Crippen molar-refractivity contribution >= 4 is 16.1 Å². The third-order valence-electron chi connectivity index (χ3n) is 3.02. The highest BCUT2D eigenvalue weighted by Crippen LogP contribution is 2.10. The molecule has 2 aromatic carbocycles. The quantitative estimate of drug-likeness (QED) is 0.919. The van der Waals surface area contributed by atoms with E-state index in [1.165, 1.54) is 12.1 Å². The summed E-state index contributed by atoms with van der Waals surface area (Å²) in [5, 5.41) is 0. The van der Waals surface area contributed by atoms with Gasteiger partial charge in [0, 0.05) is 6.42 Å². The van der Waals surface area contributed by atoms with E-state index in [-0.39, 0.29) is 11.5 Å². The van der Waals surface area contributed by atoms with Gasteiger partial charge in [-0.1, -0.05) is 48.0 Å². The van der Waals surface area contributed by atoms with Gasteiger partial charge < -0.3 is 4.74 Å². The van der Waals surface area contributed by atoms with E-state index >= 15 is 0 Å². The van der Waals surface area contributed by atoms with Crippen LogP contribution in [-0.4, -0.2) is 21.1 Å². The Morgan fingerprint density at radius 3 is 2.32 bits per heavy atom. The zero-order valence-corrected chi connectivity index (χ0v) is 13.0. The average molecular weight is 319 g/mol. The van der Waals surface area contributed by atoms with Crippen LogP contribution in [0, 0.1) is 6.92 Å². The molecule has 0 saturated heterocycles. The van der Waals surface area contributed by atoms with E-state index in [0.29, 0.717) is 6.42 Å². The normalized spacial score (nSPS) is 11.0. The molecule has 22 heavy (non-hydrogen) atoms. The van der Waals surface area contributed by atoms with Crippen molar-refractivity contribution in [1.29, 1.82) is 0 Å². The third kappa shape index (κ3) is 4.60. The van der Waals surface area contributed by atoms with Gasteiger partial charge in [-0.3, -0.25) is 0 Å². The number of amides is 1. The predicted molar refractivity (Wildman–Crippen MR) is 83.0 cm³/mol. The van der Waals surface area contributed by atoms with Gasteiger partial charge in [0.05, 0.1) is 11.5 Å². The Labute approximate surface area is 130 Å². The lowest BCUT2D eigenvalue weighted by atomic mass is 10.2. The molecule has 0 fully saturated rings. The number of hydrogen-bond donors (Lipinski definition) is 1. The van der Waals surface area contributed by atoms with Gasteiger partial charge in [0.15, 0.2) is 0 Å². The second-order valence-electron chi connectivity index (χ2n) is 4.79. The Morgan fingerprint density at radius 2 is 1.68 bits per heavy atom. The number of benzene rings is 2. The van der Waals surface area contributed by atoms with Crippen LogP contribution < -0.4 is 4.72 Å². The molecule has 0 radical (unpaired) electrons. The van der Waals surface area contributed by atoms with Gasteiger partial charge in [-0.2, -0.15) is 0 Å². The minimum absolute atomic E-state index is 0.0260. The molecular weight excluding hydrogens is 302 g/mol. The number of carbonyl (C=O) groups excluding carboxylic acids is 1. The highest BCUT2D eigenvalue weighted by molar-refractivity contribution is 7.90. The molecule has 2 aromatic rings. The highest BCUT2D eigenvalue weighted by Gasteiger charge is 2.18. The maximum absolute atomic E-state index is 12.0. The molecule has 2 rings (SSSR count). The first-order chi connectivity index (χ1) is 10.5. The lowest BCUT2D eigenvalue weighted by molar-refractivity contribution is 0.154. The summed E-state index contributed by atoms with van der Waals surface area (Å²) in [4.78, 5) is 11.6. The molecule has 0 aromatic heterocycles. The SMILES string of the molecule is Cc1ccc(S(=O)(=O)NC(=O)OCCc2ccccc2)cc1. The van der Waals surface area contributed by atoms with Crippen molar-refractivity contribution in [3.05, 3.63) is 65.7 Å². The van der Waals surface area contributed by atoms with Crippen LogP contribution in [0.3, 0.4) is 0 Å². The van der Waals surface area contributed by atoms with E-state index in [2.05, 4.69) is 0 Å². The number of aryl methyl sites for hydroxylation is 1. The predicted octanol–water partition coefficient (Wildman–Crippen LogP) is 2.65. The number of hydrogen-bond acceptors (Lipinski definition) is 4. The molecular formula is C16H17NO4S. The molecule has 1 N–H and O–H groups in total. The fourth-order valence-electron chi connectivity index (χ4n) is 1.82. The maximum atomic E-state index is 12.0. The van der Waals surface area contributed by atoms with Crippen LogP contribution in [-0.2, 0) is 21.2 Å². The van der Waals surface area contributed by atoms with Crippen LogP contribution in [0.2, 0.25) is 0 Å². The van der Waals surface area contributed by atoms with Crippen molar-refractivity contribution in [2.45, 2.75) is 18.2 Å². The Morgan fingerprint density at radius 1 is 1.05 bits per heavy atom. The van der Waals surface area contributed by atoms with Crippen molar-refractivity contribution in [2.24, 2.45) is 0 Å². The summed E-state index contributed by atoms with van der Waals surface area (Å²) in [5.41, 5.74) is 1.95. The highest BCUT2D eigenvalue weighted by atomic mass is 32.2. The lowest BCUT2D eigenvalue weighted by Gasteiger charge is -2.08. The van der Waals surface area contributed by atoms with Crippen LogP contribution >= 0.6 is 0 Å². The summed E-state index contributed by atoms with van der Waals surface area (Å²) in [6.07, 6.45) is -0.449. The molecule has 0 aliphatic carbocycles. The van der Waals surface area contributed by atoms with Gasteiger partial charge in [0.25, 0.3) is 10.0 Å². The summed E-state index contributed by atoms with van der Waals surface area (Å²) in [6.45, 7) is 1.96. The van der Waals surface area contributed by atoms with Crippen LogP contribution in [0.1, 0.15) is 11.1 Å². The molecule has 5 nitrogen and oxygen atoms in total. The Bertz CT molecular complexity index is 725. The Kier molecular flexibility index (Phi) is 5.16. The number of nitrogens with one attached hydrogen (secondary N) is 1. The lowest BCUT2D eigenvalue weighted by Crippen LogP contribution is -2.31. The monoisotopic (exact) mass is 319 g/mol. The standard InChI is InChI=1S/C16H17NO4S/c1-13-7-9-15(10-8-13)22(19,20)17-16(18)21-12-11-14-5-3-2-4-6-14/h2-10H,11-12H2,1H3,(H,17,18). The second-order valence-corrected chi connectivity index (χ2v) is 6.47. The largest absolute Gasteiger partial charge is 0.448 e. The second kappa shape index (κ2) is 7.09. The first-order valence-electron chi connectivity index (χ1n) is 6.77. The zero-order chi connectivity index (χ0) is 16.0. The van der Waals surface area contributed by atoms with E-state index in [1.807, 2.05) is 42.0 Å². The van der Waals surface area contributed by atoms with Crippen molar-refractivity contribution in [3.63, 3.8) is 0 Å².